The number of esters is 2. The topological polar surface area (TPSA) is 122 Å². The van der Waals surface area contributed by atoms with Gasteiger partial charge in [-0.15, -0.1) is 0 Å². The number of carbonyl (C=O) groups is 2. The molecule has 0 aliphatic rings. The third-order valence-electron chi connectivity index (χ3n) is 6.64. The van der Waals surface area contributed by atoms with E-state index in [-0.39, 0.29) is 16.9 Å². The summed E-state index contributed by atoms with van der Waals surface area (Å²) in [5.41, 5.74) is 3.70. The van der Waals surface area contributed by atoms with E-state index in [9.17, 15) is 14.7 Å². The van der Waals surface area contributed by atoms with Gasteiger partial charge in [-0.05, 0) is 85.2 Å². The molecule has 0 spiro atoms. The molecule has 11 heteroatoms. The standard InChI is InChI=1S/C31H33N3O7S/c1-5-41-28-12-19(6-9-27(28)35)18-34(11-10-20-17-32-26-8-7-24(38-2)16-25(20)26)31(42)33-23-14-21(29(36)39-3)13-22(15-23)30(37)40-4/h6-9,12-17,32,35H,5,10-11,18H2,1-4H3,(H,33,42). The third-order valence-corrected chi connectivity index (χ3v) is 7.00. The number of aromatic hydroxyl groups is 1. The second-order valence-electron chi connectivity index (χ2n) is 9.34. The van der Waals surface area contributed by atoms with E-state index in [2.05, 4.69) is 10.3 Å². The van der Waals surface area contributed by atoms with Crippen molar-refractivity contribution in [1.82, 2.24) is 9.88 Å². The van der Waals surface area contributed by atoms with Crippen LogP contribution >= 0.6 is 12.2 Å². The van der Waals surface area contributed by atoms with Crippen LogP contribution < -0.4 is 14.8 Å². The number of anilines is 1. The molecular formula is C31H33N3O7S. The molecule has 0 aliphatic carbocycles. The molecule has 3 aromatic carbocycles. The van der Waals surface area contributed by atoms with Crippen LogP contribution in [0.4, 0.5) is 5.69 Å². The lowest BCUT2D eigenvalue weighted by Gasteiger charge is -2.26. The number of H-pyrrole nitrogens is 1. The van der Waals surface area contributed by atoms with Crippen molar-refractivity contribution >= 4 is 45.9 Å². The summed E-state index contributed by atoms with van der Waals surface area (Å²) in [5.74, 6) is -0.0128. The molecule has 0 saturated carbocycles. The summed E-state index contributed by atoms with van der Waals surface area (Å²) in [6, 6.07) is 15.5. The molecule has 1 aromatic heterocycles. The summed E-state index contributed by atoms with van der Waals surface area (Å²) in [7, 11) is 4.16. The monoisotopic (exact) mass is 591 g/mol. The minimum absolute atomic E-state index is 0.0514. The van der Waals surface area contributed by atoms with Crippen molar-refractivity contribution < 1.29 is 33.6 Å². The Balaban J connectivity index is 1.64. The Bertz CT molecular complexity index is 1570. The number of fused-ring (bicyclic) bond motifs is 1. The predicted molar refractivity (Wildman–Crippen MR) is 164 cm³/mol. The van der Waals surface area contributed by atoms with Crippen LogP contribution in [0.1, 0.15) is 38.8 Å². The average molecular weight is 592 g/mol. The van der Waals surface area contributed by atoms with Gasteiger partial charge in [-0.2, -0.15) is 0 Å². The SMILES string of the molecule is CCOc1cc(CN(CCc2c[nH]c3ccc(OC)cc23)C(=S)Nc2cc(C(=O)OC)cc(C(=O)OC)c2)ccc1O. The van der Waals surface area contributed by atoms with Crippen molar-refractivity contribution in [2.45, 2.75) is 19.9 Å². The number of aromatic nitrogens is 1. The van der Waals surface area contributed by atoms with Crippen LogP contribution in [0.2, 0.25) is 0 Å². The first-order chi connectivity index (χ1) is 20.3. The molecule has 1 heterocycles. The number of methoxy groups -OCH3 is 3. The molecule has 220 valence electrons. The zero-order chi connectivity index (χ0) is 30.2. The van der Waals surface area contributed by atoms with Gasteiger partial charge in [0, 0.05) is 35.9 Å². The Morgan fingerprint density at radius 2 is 1.69 bits per heavy atom. The highest BCUT2D eigenvalue weighted by atomic mass is 32.1. The second-order valence-corrected chi connectivity index (χ2v) is 9.73. The van der Waals surface area contributed by atoms with Crippen molar-refractivity contribution in [3.63, 3.8) is 0 Å². The van der Waals surface area contributed by atoms with E-state index in [1.807, 2.05) is 36.2 Å². The summed E-state index contributed by atoms with van der Waals surface area (Å²) in [6.45, 7) is 3.16. The van der Waals surface area contributed by atoms with Gasteiger partial charge in [0.15, 0.2) is 16.6 Å². The molecule has 0 saturated heterocycles. The maximum atomic E-state index is 12.3. The number of hydrogen-bond donors (Lipinski definition) is 3. The van der Waals surface area contributed by atoms with E-state index >= 15 is 0 Å². The van der Waals surface area contributed by atoms with Crippen molar-refractivity contribution in [1.29, 1.82) is 0 Å². The van der Waals surface area contributed by atoms with E-state index in [0.717, 1.165) is 27.8 Å². The number of hydrogen-bond acceptors (Lipinski definition) is 8. The van der Waals surface area contributed by atoms with Gasteiger partial charge < -0.3 is 39.3 Å². The molecule has 0 radical (unpaired) electrons. The summed E-state index contributed by atoms with van der Waals surface area (Å²) < 4.78 is 20.7. The van der Waals surface area contributed by atoms with Crippen LogP contribution in [0.25, 0.3) is 10.9 Å². The fourth-order valence-corrected chi connectivity index (χ4v) is 4.79. The first-order valence-electron chi connectivity index (χ1n) is 13.2. The van der Waals surface area contributed by atoms with Crippen LogP contribution in [0, 0.1) is 0 Å². The van der Waals surface area contributed by atoms with Crippen molar-refractivity contribution in [3.8, 4) is 17.2 Å². The highest BCUT2D eigenvalue weighted by Crippen LogP contribution is 2.28. The van der Waals surface area contributed by atoms with Gasteiger partial charge in [0.2, 0.25) is 0 Å². The van der Waals surface area contributed by atoms with Crippen molar-refractivity contribution in [2.75, 3.05) is 39.8 Å². The average Bonchev–Trinajstić information content (AvgIpc) is 3.41. The van der Waals surface area contributed by atoms with Gasteiger partial charge in [-0.3, -0.25) is 0 Å². The summed E-state index contributed by atoms with van der Waals surface area (Å²) in [4.78, 5) is 29.9. The number of aromatic amines is 1. The zero-order valence-electron chi connectivity index (χ0n) is 23.9. The zero-order valence-corrected chi connectivity index (χ0v) is 24.7. The van der Waals surface area contributed by atoms with Crippen LogP contribution in [-0.2, 0) is 22.4 Å². The van der Waals surface area contributed by atoms with E-state index in [1.165, 1.54) is 20.3 Å². The van der Waals surface area contributed by atoms with Crippen molar-refractivity contribution in [2.24, 2.45) is 0 Å². The first kappa shape index (κ1) is 30.2. The van der Waals surface area contributed by atoms with E-state index < -0.39 is 11.9 Å². The molecule has 0 atom stereocenters. The third kappa shape index (κ3) is 7.10. The number of nitrogens with one attached hydrogen (secondary N) is 2. The number of phenolic OH excluding ortho intramolecular Hbond substituents is 1. The molecule has 0 amide bonds. The number of carbonyl (C=O) groups excluding carboxylic acids is 2. The predicted octanol–water partition coefficient (Wildman–Crippen LogP) is 5.30. The Morgan fingerprint density at radius 3 is 2.33 bits per heavy atom. The smallest absolute Gasteiger partial charge is 0.337 e. The van der Waals surface area contributed by atoms with Crippen LogP contribution in [0.15, 0.2) is 60.8 Å². The van der Waals surface area contributed by atoms with Gasteiger partial charge in [-0.25, -0.2) is 9.59 Å². The summed E-state index contributed by atoms with van der Waals surface area (Å²) in [6.07, 6.45) is 2.61. The largest absolute Gasteiger partial charge is 0.504 e. The number of phenols is 1. The maximum absolute atomic E-state index is 12.3. The molecular weight excluding hydrogens is 558 g/mol. The lowest BCUT2D eigenvalue weighted by atomic mass is 10.1. The minimum Gasteiger partial charge on any atom is -0.504 e. The molecule has 0 fully saturated rings. The molecule has 4 rings (SSSR count). The quantitative estimate of drug-likeness (QED) is 0.157. The molecule has 3 N–H and O–H groups in total. The number of thiocarbonyl (C=S) groups is 1. The molecule has 10 nitrogen and oxygen atoms in total. The lowest BCUT2D eigenvalue weighted by molar-refractivity contribution is 0.0599. The van der Waals surface area contributed by atoms with Crippen LogP contribution in [-0.4, -0.2) is 66.5 Å². The van der Waals surface area contributed by atoms with Gasteiger partial charge >= 0.3 is 11.9 Å². The minimum atomic E-state index is -0.603. The van der Waals surface area contributed by atoms with Crippen LogP contribution in [0.5, 0.6) is 17.2 Å². The fourth-order valence-electron chi connectivity index (χ4n) is 4.52. The number of ether oxygens (including phenoxy) is 4. The Morgan fingerprint density at radius 1 is 0.976 bits per heavy atom. The van der Waals surface area contributed by atoms with E-state index in [4.69, 9.17) is 31.2 Å². The molecule has 42 heavy (non-hydrogen) atoms. The Labute approximate surface area is 249 Å². The first-order valence-corrected chi connectivity index (χ1v) is 13.6. The fraction of sp³-hybridized carbons (Fsp3) is 0.258. The van der Waals surface area contributed by atoms with Gasteiger partial charge in [0.05, 0.1) is 39.1 Å². The number of nitrogens with zero attached hydrogens (tertiary/aromatic N) is 1. The highest BCUT2D eigenvalue weighted by molar-refractivity contribution is 7.80. The number of rotatable bonds is 11. The maximum Gasteiger partial charge on any atom is 0.337 e. The summed E-state index contributed by atoms with van der Waals surface area (Å²) >= 11 is 5.85. The van der Waals surface area contributed by atoms with E-state index in [1.54, 1.807) is 37.4 Å². The van der Waals surface area contributed by atoms with Crippen LogP contribution in [0.3, 0.4) is 0 Å². The van der Waals surface area contributed by atoms with E-state index in [0.29, 0.717) is 42.7 Å². The molecule has 0 bridgehead atoms. The van der Waals surface area contributed by atoms with Gasteiger partial charge in [0.1, 0.15) is 5.75 Å². The summed E-state index contributed by atoms with van der Waals surface area (Å²) in [5, 5.41) is 14.8. The Hall–Kier alpha value is -4.77. The normalized spacial score (nSPS) is 10.7. The van der Waals surface area contributed by atoms with Gasteiger partial charge in [0.25, 0.3) is 0 Å². The highest BCUT2D eigenvalue weighted by Gasteiger charge is 2.18. The molecule has 0 unspecified atom stereocenters. The molecule has 0 aliphatic heterocycles. The van der Waals surface area contributed by atoms with Crippen molar-refractivity contribution in [3.05, 3.63) is 83.0 Å². The van der Waals surface area contributed by atoms with Gasteiger partial charge in [-0.1, -0.05) is 6.07 Å². The Kier molecular flexibility index (Phi) is 9.87. The molecule has 4 aromatic rings. The number of benzene rings is 3. The lowest BCUT2D eigenvalue weighted by Crippen LogP contribution is -2.36. The second kappa shape index (κ2) is 13.7.